The molecule has 1 aromatic carbocycles. The third-order valence-corrected chi connectivity index (χ3v) is 7.32. The van der Waals surface area contributed by atoms with Crippen molar-refractivity contribution in [1.82, 2.24) is 10.2 Å². The summed E-state index contributed by atoms with van der Waals surface area (Å²) < 4.78 is 5.69. The maximum absolute atomic E-state index is 12.9. The number of carbonyl (C=O) groups is 1. The van der Waals surface area contributed by atoms with Crippen molar-refractivity contribution in [2.24, 2.45) is 17.3 Å². The molecule has 1 aromatic rings. The van der Waals surface area contributed by atoms with Gasteiger partial charge in [0, 0.05) is 12.1 Å². The van der Waals surface area contributed by atoms with Crippen LogP contribution in [0.15, 0.2) is 30.3 Å². The summed E-state index contributed by atoms with van der Waals surface area (Å²) in [5.74, 6) is 0.0346. The summed E-state index contributed by atoms with van der Waals surface area (Å²) in [5.41, 5.74) is 1.02. The molecule has 5 nitrogen and oxygen atoms in total. The van der Waals surface area contributed by atoms with Crippen LogP contribution in [-0.4, -0.2) is 53.8 Å². The molecule has 3 aliphatic rings. The predicted octanol–water partition coefficient (Wildman–Crippen LogP) is 2.58. The molecule has 1 saturated carbocycles. The van der Waals surface area contributed by atoms with E-state index in [1.165, 1.54) is 12.8 Å². The first-order chi connectivity index (χ1) is 13.4. The number of piperidine rings is 1. The van der Waals surface area contributed by atoms with E-state index in [0.717, 1.165) is 44.6 Å². The number of hydrogen-bond acceptors (Lipinski definition) is 5. The van der Waals surface area contributed by atoms with E-state index in [1.807, 2.05) is 30.3 Å². The molecule has 0 radical (unpaired) electrons. The quantitative estimate of drug-likeness (QED) is 0.736. The lowest BCUT2D eigenvalue weighted by Gasteiger charge is -2.37. The maximum atomic E-state index is 12.9. The van der Waals surface area contributed by atoms with Crippen LogP contribution < -0.4 is 5.32 Å². The maximum Gasteiger partial charge on any atom is 0.311 e. The first-order valence-corrected chi connectivity index (χ1v) is 10.8. The second-order valence-corrected chi connectivity index (χ2v) is 9.65. The summed E-state index contributed by atoms with van der Waals surface area (Å²) in [7, 11) is 0. The number of aliphatic hydroxyl groups excluding tert-OH is 1. The number of aliphatic hydroxyl groups is 1. The zero-order valence-electron chi connectivity index (χ0n) is 17.2. The first kappa shape index (κ1) is 19.9. The highest BCUT2D eigenvalue weighted by atomic mass is 16.5. The zero-order chi connectivity index (χ0) is 19.8. The van der Waals surface area contributed by atoms with Crippen molar-refractivity contribution in [2.45, 2.75) is 57.8 Å². The Kier molecular flexibility index (Phi) is 5.51. The van der Waals surface area contributed by atoms with Gasteiger partial charge in [0.2, 0.25) is 0 Å². The number of ether oxygens (including phenoxy) is 1. The van der Waals surface area contributed by atoms with Crippen LogP contribution >= 0.6 is 0 Å². The smallest absolute Gasteiger partial charge is 0.311 e. The number of carbonyl (C=O) groups excluding carboxylic acids is 1. The summed E-state index contributed by atoms with van der Waals surface area (Å²) in [4.78, 5) is 15.3. The minimum absolute atomic E-state index is 0.0977. The van der Waals surface area contributed by atoms with Gasteiger partial charge < -0.3 is 20.1 Å². The number of rotatable bonds is 6. The van der Waals surface area contributed by atoms with Crippen molar-refractivity contribution in [3.63, 3.8) is 0 Å². The average molecular weight is 387 g/mol. The Bertz CT molecular complexity index is 686. The molecule has 1 aliphatic carbocycles. The summed E-state index contributed by atoms with van der Waals surface area (Å²) in [5, 5.41) is 14.0. The number of esters is 1. The van der Waals surface area contributed by atoms with Crippen molar-refractivity contribution in [3.8, 4) is 0 Å². The molecule has 5 heteroatoms. The molecule has 2 N–H and O–H groups in total. The van der Waals surface area contributed by atoms with Gasteiger partial charge >= 0.3 is 5.97 Å². The molecule has 2 aliphatic heterocycles. The van der Waals surface area contributed by atoms with E-state index in [1.54, 1.807) is 0 Å². The van der Waals surface area contributed by atoms with Gasteiger partial charge in [-0.3, -0.25) is 4.79 Å². The summed E-state index contributed by atoms with van der Waals surface area (Å²) in [6, 6.07) is 9.86. The van der Waals surface area contributed by atoms with Gasteiger partial charge in [0.1, 0.15) is 6.61 Å². The number of likely N-dealkylation sites (tertiary alicyclic amines) is 1. The van der Waals surface area contributed by atoms with Crippen molar-refractivity contribution in [2.75, 3.05) is 26.2 Å². The molecule has 28 heavy (non-hydrogen) atoms. The van der Waals surface area contributed by atoms with Gasteiger partial charge in [-0.05, 0) is 76.1 Å². The Morgan fingerprint density at radius 2 is 2.00 bits per heavy atom. The standard InChI is InChI=1S/C23H34N2O3/c1-22(2)20(21(27)28-16-17-6-4-3-5-7-17)18(14-24-22)8-12-25-13-11-23(9-10-23)19(26)15-25/h3-7,18-20,24,26H,8-16H2,1-2H3/t18?,19-,20-/m1/s1. The second-order valence-electron chi connectivity index (χ2n) is 9.65. The monoisotopic (exact) mass is 386 g/mol. The van der Waals surface area contributed by atoms with E-state index in [4.69, 9.17) is 4.74 Å². The Balaban J connectivity index is 1.31. The highest BCUT2D eigenvalue weighted by Crippen LogP contribution is 2.53. The predicted molar refractivity (Wildman–Crippen MR) is 109 cm³/mol. The molecule has 0 amide bonds. The van der Waals surface area contributed by atoms with Crippen molar-refractivity contribution in [1.29, 1.82) is 0 Å². The Morgan fingerprint density at radius 1 is 1.25 bits per heavy atom. The Hall–Kier alpha value is -1.43. The molecule has 4 rings (SSSR count). The number of nitrogens with one attached hydrogen (secondary N) is 1. The van der Waals surface area contributed by atoms with Gasteiger partial charge in [0.05, 0.1) is 12.0 Å². The van der Waals surface area contributed by atoms with Gasteiger partial charge in [-0.15, -0.1) is 0 Å². The largest absolute Gasteiger partial charge is 0.461 e. The van der Waals surface area contributed by atoms with Gasteiger partial charge in [0.15, 0.2) is 0 Å². The zero-order valence-corrected chi connectivity index (χ0v) is 17.2. The lowest BCUT2D eigenvalue weighted by Crippen LogP contribution is -2.46. The van der Waals surface area contributed by atoms with Gasteiger partial charge in [-0.25, -0.2) is 0 Å². The van der Waals surface area contributed by atoms with E-state index in [0.29, 0.717) is 6.61 Å². The number of β-amino-alcohol motifs (C(OH)–C–C–N with tert-alkyl or cyclic N) is 1. The topological polar surface area (TPSA) is 61.8 Å². The minimum atomic E-state index is -0.252. The van der Waals surface area contributed by atoms with Crippen LogP contribution in [0.5, 0.6) is 0 Å². The Morgan fingerprint density at radius 3 is 2.68 bits per heavy atom. The van der Waals surface area contributed by atoms with Crippen LogP contribution in [0, 0.1) is 17.3 Å². The van der Waals surface area contributed by atoms with Crippen molar-refractivity contribution >= 4 is 5.97 Å². The Labute approximate surface area is 168 Å². The highest BCUT2D eigenvalue weighted by molar-refractivity contribution is 5.75. The molecule has 0 bridgehead atoms. The fourth-order valence-electron chi connectivity index (χ4n) is 5.16. The molecule has 0 aromatic heterocycles. The van der Waals surface area contributed by atoms with Crippen LogP contribution in [0.2, 0.25) is 0 Å². The molecule has 2 saturated heterocycles. The lowest BCUT2D eigenvalue weighted by atomic mass is 9.81. The van der Waals surface area contributed by atoms with E-state index >= 15 is 0 Å². The van der Waals surface area contributed by atoms with Crippen LogP contribution in [0.1, 0.15) is 45.1 Å². The molecular weight excluding hydrogens is 352 g/mol. The SMILES string of the molecule is CC1(C)NCC(CCN2CCC3(CC3)[C@H](O)C2)[C@@H]1C(=O)OCc1ccccc1. The summed E-state index contributed by atoms with van der Waals surface area (Å²) >= 11 is 0. The first-order valence-electron chi connectivity index (χ1n) is 10.8. The van der Waals surface area contributed by atoms with Gasteiger partial charge in [-0.1, -0.05) is 30.3 Å². The molecule has 3 atom stereocenters. The lowest BCUT2D eigenvalue weighted by molar-refractivity contribution is -0.153. The molecule has 2 heterocycles. The molecule has 154 valence electrons. The average Bonchev–Trinajstić information content (AvgIpc) is 3.39. The minimum Gasteiger partial charge on any atom is -0.461 e. The number of hydrogen-bond donors (Lipinski definition) is 2. The summed E-state index contributed by atoms with van der Waals surface area (Å²) in [6.07, 6.45) is 4.29. The number of nitrogens with zero attached hydrogens (tertiary/aromatic N) is 1. The van der Waals surface area contributed by atoms with Crippen LogP contribution in [0.3, 0.4) is 0 Å². The third kappa shape index (κ3) is 4.12. The third-order valence-electron chi connectivity index (χ3n) is 7.32. The van der Waals surface area contributed by atoms with E-state index in [2.05, 4.69) is 24.1 Å². The summed E-state index contributed by atoms with van der Waals surface area (Å²) in [6.45, 7) is 8.18. The van der Waals surface area contributed by atoms with Gasteiger partial charge in [-0.2, -0.15) is 0 Å². The molecule has 3 fully saturated rings. The van der Waals surface area contributed by atoms with Crippen molar-refractivity contribution < 1.29 is 14.6 Å². The van der Waals surface area contributed by atoms with Crippen LogP contribution in [-0.2, 0) is 16.1 Å². The van der Waals surface area contributed by atoms with E-state index in [-0.39, 0.29) is 34.9 Å². The second kappa shape index (κ2) is 7.77. The van der Waals surface area contributed by atoms with E-state index < -0.39 is 0 Å². The van der Waals surface area contributed by atoms with Crippen molar-refractivity contribution in [3.05, 3.63) is 35.9 Å². The fraction of sp³-hybridized carbons (Fsp3) is 0.696. The van der Waals surface area contributed by atoms with Crippen LogP contribution in [0.25, 0.3) is 0 Å². The van der Waals surface area contributed by atoms with Gasteiger partial charge in [0.25, 0.3) is 0 Å². The normalized spacial score (nSPS) is 31.0. The fourth-order valence-corrected chi connectivity index (χ4v) is 5.16. The van der Waals surface area contributed by atoms with E-state index in [9.17, 15) is 9.90 Å². The molecule has 1 unspecified atom stereocenters. The molecule has 1 spiro atoms. The van der Waals surface area contributed by atoms with Crippen LogP contribution in [0.4, 0.5) is 0 Å². The highest BCUT2D eigenvalue weighted by Gasteiger charge is 2.51. The molecular formula is C23H34N2O3. The number of benzene rings is 1.